The molecule has 0 fully saturated rings. The fourth-order valence-electron chi connectivity index (χ4n) is 2.20. The number of esters is 1. The Hall–Kier alpha value is -2.28. The van der Waals surface area contributed by atoms with Crippen molar-refractivity contribution in [1.82, 2.24) is 4.57 Å². The lowest BCUT2D eigenvalue weighted by atomic mass is 10.2. The van der Waals surface area contributed by atoms with E-state index in [9.17, 15) is 9.59 Å². The van der Waals surface area contributed by atoms with Crippen molar-refractivity contribution in [2.24, 2.45) is 7.05 Å². The molecule has 128 valence electrons. The number of carbonyl (C=O) groups is 2. The number of amides is 1. The Bertz CT molecular complexity index is 741. The van der Waals surface area contributed by atoms with Crippen LogP contribution in [0.2, 0.25) is 0 Å². The molecule has 1 aromatic heterocycles. The molecule has 0 saturated carbocycles. The maximum absolute atomic E-state index is 12.2. The van der Waals surface area contributed by atoms with E-state index >= 15 is 0 Å². The van der Waals surface area contributed by atoms with E-state index in [1.807, 2.05) is 30.3 Å². The summed E-state index contributed by atoms with van der Waals surface area (Å²) in [6.45, 7) is 3.90. The highest BCUT2D eigenvalue weighted by atomic mass is 79.9. The van der Waals surface area contributed by atoms with Gasteiger partial charge in [0.15, 0.2) is 0 Å². The summed E-state index contributed by atoms with van der Waals surface area (Å²) in [4.78, 5) is 24.2. The van der Waals surface area contributed by atoms with Crippen molar-refractivity contribution >= 4 is 33.7 Å². The third kappa shape index (κ3) is 3.97. The number of benzene rings is 1. The molecule has 7 heteroatoms. The van der Waals surface area contributed by atoms with Gasteiger partial charge in [0.2, 0.25) is 0 Å². The van der Waals surface area contributed by atoms with Crippen molar-refractivity contribution in [3.05, 3.63) is 51.8 Å². The van der Waals surface area contributed by atoms with Gasteiger partial charge < -0.3 is 14.0 Å². The van der Waals surface area contributed by atoms with Gasteiger partial charge in [-0.25, -0.2) is 9.59 Å². The predicted molar refractivity (Wildman–Crippen MR) is 94.1 cm³/mol. The van der Waals surface area contributed by atoms with Gasteiger partial charge in [0.1, 0.15) is 16.8 Å². The Balaban J connectivity index is 2.15. The van der Waals surface area contributed by atoms with Gasteiger partial charge in [-0.15, -0.1) is 0 Å². The van der Waals surface area contributed by atoms with Crippen LogP contribution in [-0.2, 0) is 23.1 Å². The standard InChI is InChI=1S/C17H19BrN2O4/c1-4-23-16(21)13-11(2)20(3)15(18)14(13)19-17(22)24-10-12-8-6-5-7-9-12/h5-9H,4,10H2,1-3H3,(H,19,22). The molecule has 0 atom stereocenters. The minimum Gasteiger partial charge on any atom is -0.462 e. The topological polar surface area (TPSA) is 69.6 Å². The summed E-state index contributed by atoms with van der Waals surface area (Å²) in [5.74, 6) is -0.491. The van der Waals surface area contributed by atoms with E-state index in [4.69, 9.17) is 9.47 Å². The van der Waals surface area contributed by atoms with Crippen molar-refractivity contribution in [2.75, 3.05) is 11.9 Å². The molecule has 0 saturated heterocycles. The second-order valence-corrected chi connectivity index (χ2v) is 5.84. The molecule has 6 nitrogen and oxygen atoms in total. The summed E-state index contributed by atoms with van der Waals surface area (Å²) in [6.07, 6.45) is -0.643. The SMILES string of the molecule is CCOC(=O)c1c(NC(=O)OCc2ccccc2)c(Br)n(C)c1C. The molecule has 0 spiro atoms. The Kier molecular flexibility index (Phi) is 6.03. The van der Waals surface area contributed by atoms with Crippen LogP contribution in [0, 0.1) is 6.92 Å². The molecular weight excluding hydrogens is 376 g/mol. The molecule has 1 amide bonds. The number of rotatable bonds is 5. The number of nitrogens with zero attached hydrogens (tertiary/aromatic N) is 1. The summed E-state index contributed by atoms with van der Waals surface area (Å²) < 4.78 is 12.6. The van der Waals surface area contributed by atoms with Crippen LogP contribution in [-0.4, -0.2) is 23.2 Å². The summed E-state index contributed by atoms with van der Waals surface area (Å²) in [6, 6.07) is 9.35. The zero-order valence-electron chi connectivity index (χ0n) is 13.8. The third-order valence-corrected chi connectivity index (χ3v) is 4.46. The first-order valence-corrected chi connectivity index (χ1v) is 8.24. The summed E-state index contributed by atoms with van der Waals surface area (Å²) >= 11 is 3.38. The van der Waals surface area contributed by atoms with Crippen LogP contribution in [0.1, 0.15) is 28.5 Å². The fraction of sp³-hybridized carbons (Fsp3) is 0.294. The van der Waals surface area contributed by atoms with Crippen LogP contribution in [0.3, 0.4) is 0 Å². The lowest BCUT2D eigenvalue weighted by Crippen LogP contribution is -2.16. The molecule has 1 N–H and O–H groups in total. The van der Waals surface area contributed by atoms with Crippen LogP contribution in [0.15, 0.2) is 34.9 Å². The van der Waals surface area contributed by atoms with E-state index in [0.29, 0.717) is 21.5 Å². The number of anilines is 1. The van der Waals surface area contributed by atoms with Crippen molar-refractivity contribution in [1.29, 1.82) is 0 Å². The fourth-order valence-corrected chi connectivity index (χ4v) is 2.76. The smallest absolute Gasteiger partial charge is 0.412 e. The molecule has 2 aromatic rings. The monoisotopic (exact) mass is 394 g/mol. The van der Waals surface area contributed by atoms with Gasteiger partial charge in [0.05, 0.1) is 12.3 Å². The first kappa shape index (κ1) is 18.1. The number of nitrogens with one attached hydrogen (secondary N) is 1. The van der Waals surface area contributed by atoms with Gasteiger partial charge in [0, 0.05) is 12.7 Å². The third-order valence-electron chi connectivity index (χ3n) is 3.54. The molecule has 0 unspecified atom stereocenters. The lowest BCUT2D eigenvalue weighted by molar-refractivity contribution is 0.0526. The first-order valence-electron chi connectivity index (χ1n) is 7.45. The van der Waals surface area contributed by atoms with Crippen LogP contribution >= 0.6 is 15.9 Å². The molecule has 0 aliphatic rings. The van der Waals surface area contributed by atoms with Gasteiger partial charge in [-0.1, -0.05) is 30.3 Å². The van der Waals surface area contributed by atoms with Gasteiger partial charge in [-0.3, -0.25) is 5.32 Å². The summed E-state index contributed by atoms with van der Waals surface area (Å²) in [7, 11) is 1.78. The van der Waals surface area contributed by atoms with Crippen LogP contribution < -0.4 is 5.32 Å². The Morgan fingerprint density at radius 1 is 1.21 bits per heavy atom. The Morgan fingerprint density at radius 2 is 1.88 bits per heavy atom. The van der Waals surface area contributed by atoms with E-state index in [-0.39, 0.29) is 13.2 Å². The average Bonchev–Trinajstić information content (AvgIpc) is 2.78. The van der Waals surface area contributed by atoms with Gasteiger partial charge in [-0.2, -0.15) is 0 Å². The molecule has 0 radical (unpaired) electrons. The van der Waals surface area contributed by atoms with Crippen molar-refractivity contribution in [3.63, 3.8) is 0 Å². The van der Waals surface area contributed by atoms with E-state index in [2.05, 4.69) is 21.2 Å². The van der Waals surface area contributed by atoms with Crippen molar-refractivity contribution < 1.29 is 19.1 Å². The number of hydrogen-bond donors (Lipinski definition) is 1. The normalized spacial score (nSPS) is 10.3. The molecule has 2 rings (SSSR count). The number of carbonyl (C=O) groups excluding carboxylic acids is 2. The minimum atomic E-state index is -0.643. The average molecular weight is 395 g/mol. The highest BCUT2D eigenvalue weighted by molar-refractivity contribution is 9.10. The van der Waals surface area contributed by atoms with Crippen LogP contribution in [0.5, 0.6) is 0 Å². The highest BCUT2D eigenvalue weighted by Crippen LogP contribution is 2.32. The quantitative estimate of drug-likeness (QED) is 0.777. The zero-order valence-corrected chi connectivity index (χ0v) is 15.3. The van der Waals surface area contributed by atoms with E-state index in [1.54, 1.807) is 25.5 Å². The summed E-state index contributed by atoms with van der Waals surface area (Å²) in [5.41, 5.74) is 2.20. The molecule has 0 aliphatic carbocycles. The van der Waals surface area contributed by atoms with Gasteiger partial charge >= 0.3 is 12.1 Å². The predicted octanol–water partition coefficient (Wildman–Crippen LogP) is 4.02. The molecule has 24 heavy (non-hydrogen) atoms. The maximum Gasteiger partial charge on any atom is 0.412 e. The Labute approximate surface area is 148 Å². The van der Waals surface area contributed by atoms with Crippen molar-refractivity contribution in [3.8, 4) is 0 Å². The second-order valence-electron chi connectivity index (χ2n) is 5.09. The number of halogens is 1. The largest absolute Gasteiger partial charge is 0.462 e. The molecule has 0 aliphatic heterocycles. The van der Waals surface area contributed by atoms with Gasteiger partial charge in [-0.05, 0) is 35.3 Å². The van der Waals surface area contributed by atoms with Gasteiger partial charge in [0.25, 0.3) is 0 Å². The molecule has 0 bridgehead atoms. The lowest BCUT2D eigenvalue weighted by Gasteiger charge is -2.09. The summed E-state index contributed by atoms with van der Waals surface area (Å²) in [5, 5.41) is 2.62. The number of ether oxygens (including phenoxy) is 2. The first-order chi connectivity index (χ1) is 11.5. The van der Waals surface area contributed by atoms with Crippen LogP contribution in [0.4, 0.5) is 10.5 Å². The van der Waals surface area contributed by atoms with E-state index < -0.39 is 12.1 Å². The molecular formula is C17H19BrN2O4. The van der Waals surface area contributed by atoms with Crippen molar-refractivity contribution in [2.45, 2.75) is 20.5 Å². The van der Waals surface area contributed by atoms with E-state index in [0.717, 1.165) is 5.56 Å². The maximum atomic E-state index is 12.2. The highest BCUT2D eigenvalue weighted by Gasteiger charge is 2.25. The van der Waals surface area contributed by atoms with E-state index in [1.165, 1.54) is 0 Å². The minimum absolute atomic E-state index is 0.144. The number of aromatic nitrogens is 1. The second kappa shape index (κ2) is 8.01. The molecule has 1 aromatic carbocycles. The zero-order chi connectivity index (χ0) is 17.7. The number of hydrogen-bond acceptors (Lipinski definition) is 4. The molecule has 1 heterocycles. The van der Waals surface area contributed by atoms with Crippen LogP contribution in [0.25, 0.3) is 0 Å². The Morgan fingerprint density at radius 3 is 2.50 bits per heavy atom.